The number of aromatic hydroxyl groups is 2. The van der Waals surface area contributed by atoms with E-state index in [0.717, 1.165) is 0 Å². The number of phenolic OH excluding ortho intramolecular Hbond substituents is 2. The first-order valence-electron chi connectivity index (χ1n) is 7.22. The van der Waals surface area contributed by atoms with Crippen molar-refractivity contribution in [3.63, 3.8) is 0 Å². The van der Waals surface area contributed by atoms with Gasteiger partial charge in [-0.05, 0) is 17.7 Å². The summed E-state index contributed by atoms with van der Waals surface area (Å²) >= 11 is 0. The van der Waals surface area contributed by atoms with Crippen molar-refractivity contribution in [3.05, 3.63) is 23.8 Å². The number of aliphatic hydroxyl groups excluding tert-OH is 3. The van der Waals surface area contributed by atoms with Gasteiger partial charge in [0.05, 0.1) is 6.10 Å². The van der Waals surface area contributed by atoms with E-state index in [1.807, 2.05) is 13.8 Å². The summed E-state index contributed by atoms with van der Waals surface area (Å²) < 4.78 is 0. The van der Waals surface area contributed by atoms with Crippen molar-refractivity contribution in [2.45, 2.75) is 38.2 Å². The van der Waals surface area contributed by atoms with E-state index in [9.17, 15) is 19.8 Å². The van der Waals surface area contributed by atoms with Gasteiger partial charge in [0.15, 0.2) is 23.7 Å². The Morgan fingerprint density at radius 1 is 0.926 bits per heavy atom. The molecule has 12 heteroatoms. The molecular formula is C15H27NO11. The third kappa shape index (κ3) is 11.0. The second-order valence-electron chi connectivity index (χ2n) is 5.39. The molecule has 0 radical (unpaired) electrons. The summed E-state index contributed by atoms with van der Waals surface area (Å²) in [5, 5.41) is 63.7. The number of hydrogen-bond donors (Lipinski definition) is 8. The van der Waals surface area contributed by atoms with E-state index in [1.54, 1.807) is 6.07 Å². The Kier molecular flexibility index (Phi) is 14.8. The van der Waals surface area contributed by atoms with Crippen molar-refractivity contribution in [2.24, 2.45) is 0 Å². The summed E-state index contributed by atoms with van der Waals surface area (Å²) in [6, 6.07) is 4.61. The zero-order valence-electron chi connectivity index (χ0n) is 14.7. The first kappa shape index (κ1) is 29.3. The average molecular weight is 397 g/mol. The van der Waals surface area contributed by atoms with E-state index in [1.165, 1.54) is 12.1 Å². The van der Waals surface area contributed by atoms with Crippen LogP contribution in [0.25, 0.3) is 0 Å². The molecule has 0 heterocycles. The van der Waals surface area contributed by atoms with E-state index >= 15 is 0 Å². The number of benzene rings is 1. The van der Waals surface area contributed by atoms with Crippen LogP contribution in [0.4, 0.5) is 0 Å². The molecule has 1 aromatic rings. The van der Waals surface area contributed by atoms with Crippen molar-refractivity contribution in [1.29, 1.82) is 0 Å². The Morgan fingerprint density at radius 2 is 1.37 bits per heavy atom. The SMILES string of the molecule is CC(C)NCC(O)c1ccc(O)c(O)c1.O.O.O=C(O)[C@@H](O)[C@H](O)C(=O)O. The minimum Gasteiger partial charge on any atom is -0.504 e. The van der Waals surface area contributed by atoms with Gasteiger partial charge in [-0.3, -0.25) is 0 Å². The van der Waals surface area contributed by atoms with Crippen LogP contribution in [0.2, 0.25) is 0 Å². The Balaban J connectivity index is -0.000000427. The predicted molar refractivity (Wildman–Crippen MR) is 92.4 cm³/mol. The lowest BCUT2D eigenvalue weighted by molar-refractivity contribution is -0.165. The standard InChI is InChI=1S/C11H17NO3.C4H6O6.2H2O/c1-7(2)12-6-11(15)8-3-4-9(13)10(14)5-8;5-1(3(7)8)2(6)4(9)10;;/h3-5,7,11-15H,6H2,1-2H3;1-2,5-6H,(H,7,8)(H,9,10);2*1H2/t;1-,2-;;/m.0../s1. The maximum Gasteiger partial charge on any atom is 0.335 e. The van der Waals surface area contributed by atoms with Crippen molar-refractivity contribution >= 4 is 11.9 Å². The van der Waals surface area contributed by atoms with Crippen LogP contribution in [0, 0.1) is 0 Å². The molecule has 0 fully saturated rings. The van der Waals surface area contributed by atoms with Gasteiger partial charge in [-0.1, -0.05) is 19.9 Å². The normalized spacial score (nSPS) is 13.1. The van der Waals surface area contributed by atoms with E-state index in [-0.39, 0.29) is 22.5 Å². The van der Waals surface area contributed by atoms with E-state index in [2.05, 4.69) is 5.32 Å². The van der Waals surface area contributed by atoms with Gasteiger partial charge in [0.2, 0.25) is 0 Å². The van der Waals surface area contributed by atoms with Gasteiger partial charge in [0.25, 0.3) is 0 Å². The highest BCUT2D eigenvalue weighted by Gasteiger charge is 2.29. The van der Waals surface area contributed by atoms with Crippen LogP contribution in [-0.4, -0.2) is 83.4 Å². The fraction of sp³-hybridized carbons (Fsp3) is 0.467. The van der Waals surface area contributed by atoms with Crippen molar-refractivity contribution in [2.75, 3.05) is 6.54 Å². The van der Waals surface area contributed by atoms with Crippen molar-refractivity contribution < 1.29 is 56.3 Å². The van der Waals surface area contributed by atoms with Crippen LogP contribution < -0.4 is 5.32 Å². The molecule has 1 aromatic carbocycles. The molecule has 0 aliphatic carbocycles. The molecule has 0 saturated heterocycles. The van der Waals surface area contributed by atoms with Crippen LogP contribution in [-0.2, 0) is 9.59 Å². The fourth-order valence-corrected chi connectivity index (χ4v) is 1.48. The highest BCUT2D eigenvalue weighted by Crippen LogP contribution is 2.27. The number of nitrogens with one attached hydrogen (secondary N) is 1. The van der Waals surface area contributed by atoms with Crippen LogP contribution >= 0.6 is 0 Å². The lowest BCUT2D eigenvalue weighted by Gasteiger charge is -2.14. The highest BCUT2D eigenvalue weighted by molar-refractivity contribution is 5.83. The fourth-order valence-electron chi connectivity index (χ4n) is 1.48. The maximum atomic E-state index is 9.77. The molecular weight excluding hydrogens is 370 g/mol. The largest absolute Gasteiger partial charge is 0.504 e. The summed E-state index contributed by atoms with van der Waals surface area (Å²) in [5.74, 6) is -3.93. The zero-order chi connectivity index (χ0) is 19.7. The molecule has 0 aliphatic rings. The molecule has 0 aromatic heterocycles. The summed E-state index contributed by atoms with van der Waals surface area (Å²) in [6.45, 7) is 4.39. The summed E-state index contributed by atoms with van der Waals surface area (Å²) in [7, 11) is 0. The Morgan fingerprint density at radius 3 is 1.70 bits per heavy atom. The van der Waals surface area contributed by atoms with Gasteiger partial charge >= 0.3 is 11.9 Å². The number of aliphatic hydroxyl groups is 3. The topological polar surface area (TPSA) is 251 Å². The van der Waals surface area contributed by atoms with Crippen LogP contribution in [0.5, 0.6) is 11.5 Å². The monoisotopic (exact) mass is 397 g/mol. The molecule has 0 spiro atoms. The maximum absolute atomic E-state index is 9.77. The first-order valence-corrected chi connectivity index (χ1v) is 7.22. The van der Waals surface area contributed by atoms with Gasteiger partial charge in [-0.15, -0.1) is 0 Å². The number of aliphatic carboxylic acids is 2. The summed E-state index contributed by atoms with van der Waals surface area (Å²) in [5.41, 5.74) is 0.582. The van der Waals surface area contributed by atoms with Gasteiger partial charge in [0.1, 0.15) is 0 Å². The number of rotatable bonds is 7. The number of carboxylic acids is 2. The first-order chi connectivity index (χ1) is 11.5. The quantitative estimate of drug-likeness (QED) is 0.222. The Labute approximate surface area is 154 Å². The molecule has 12 nitrogen and oxygen atoms in total. The minimum atomic E-state index is -2.27. The summed E-state index contributed by atoms with van der Waals surface area (Å²) in [4.78, 5) is 19.5. The zero-order valence-corrected chi connectivity index (χ0v) is 14.7. The number of phenols is 2. The molecule has 0 saturated carbocycles. The average Bonchev–Trinajstić information content (AvgIpc) is 2.53. The third-order valence-electron chi connectivity index (χ3n) is 2.91. The second kappa shape index (κ2) is 13.7. The number of hydrogen-bond acceptors (Lipinski definition) is 8. The molecule has 27 heavy (non-hydrogen) atoms. The van der Waals surface area contributed by atoms with E-state index in [4.69, 9.17) is 25.5 Å². The second-order valence-corrected chi connectivity index (χ2v) is 5.39. The predicted octanol–water partition coefficient (Wildman–Crippen LogP) is -2.64. The van der Waals surface area contributed by atoms with Crippen molar-refractivity contribution in [3.8, 4) is 11.5 Å². The molecule has 1 unspecified atom stereocenters. The smallest absolute Gasteiger partial charge is 0.335 e. The molecule has 158 valence electrons. The lowest BCUT2D eigenvalue weighted by atomic mass is 10.1. The van der Waals surface area contributed by atoms with Crippen LogP contribution in [0.1, 0.15) is 25.5 Å². The summed E-state index contributed by atoms with van der Waals surface area (Å²) in [6.07, 6.45) is -5.21. The minimum absolute atomic E-state index is 0. The number of carboxylic acid groups (broad SMARTS) is 2. The molecule has 0 amide bonds. The Hall–Kier alpha value is -2.48. The Bertz CT molecular complexity index is 561. The third-order valence-corrected chi connectivity index (χ3v) is 2.91. The van der Waals surface area contributed by atoms with Gasteiger partial charge < -0.3 is 52.0 Å². The van der Waals surface area contributed by atoms with Crippen molar-refractivity contribution in [1.82, 2.24) is 5.32 Å². The molecule has 0 bridgehead atoms. The molecule has 0 aliphatic heterocycles. The van der Waals surface area contributed by atoms with E-state index < -0.39 is 30.3 Å². The van der Waals surface area contributed by atoms with E-state index in [0.29, 0.717) is 18.2 Å². The molecule has 12 N–H and O–H groups in total. The molecule has 1 rings (SSSR count). The van der Waals surface area contributed by atoms with Crippen LogP contribution in [0.3, 0.4) is 0 Å². The van der Waals surface area contributed by atoms with Gasteiger partial charge in [0, 0.05) is 12.6 Å². The number of carbonyl (C=O) groups is 2. The van der Waals surface area contributed by atoms with Gasteiger partial charge in [-0.25, -0.2) is 9.59 Å². The molecule has 3 atom stereocenters. The van der Waals surface area contributed by atoms with Gasteiger partial charge in [-0.2, -0.15) is 0 Å². The lowest BCUT2D eigenvalue weighted by Crippen LogP contribution is -2.39. The van der Waals surface area contributed by atoms with Crippen LogP contribution in [0.15, 0.2) is 18.2 Å². The highest BCUT2D eigenvalue weighted by atomic mass is 16.4.